The Hall–Kier alpha value is -1.95. The Morgan fingerprint density at radius 3 is 2.67 bits per heavy atom. The predicted octanol–water partition coefficient (Wildman–Crippen LogP) is 3.23. The van der Waals surface area contributed by atoms with Crippen molar-refractivity contribution in [2.24, 2.45) is 0 Å². The van der Waals surface area contributed by atoms with E-state index in [1.807, 2.05) is 17.5 Å². The summed E-state index contributed by atoms with van der Waals surface area (Å²) in [4.78, 5) is 15.5. The molecule has 1 N–H and O–H groups in total. The van der Waals surface area contributed by atoms with Crippen molar-refractivity contribution in [1.29, 1.82) is 0 Å². The molecule has 0 radical (unpaired) electrons. The molecule has 0 saturated carbocycles. The molecule has 1 aromatic carbocycles. The van der Waals surface area contributed by atoms with Crippen molar-refractivity contribution < 1.29 is 13.9 Å². The molecule has 0 fully saturated rings. The second-order valence-electron chi connectivity index (χ2n) is 4.79. The summed E-state index contributed by atoms with van der Waals surface area (Å²) in [5, 5.41) is 5.73. The summed E-state index contributed by atoms with van der Waals surface area (Å²) in [6.07, 6.45) is 0.170. The Morgan fingerprint density at radius 2 is 2.05 bits per heavy atom. The van der Waals surface area contributed by atoms with E-state index in [1.165, 1.54) is 18.4 Å². The number of nitrogens with one attached hydrogen (secondary N) is 1. The van der Waals surface area contributed by atoms with Crippen LogP contribution in [0.25, 0.3) is 0 Å². The molecule has 21 heavy (non-hydrogen) atoms. The van der Waals surface area contributed by atoms with Crippen molar-refractivity contribution in [2.45, 2.75) is 26.8 Å². The third-order valence-electron chi connectivity index (χ3n) is 3.04. The summed E-state index contributed by atoms with van der Waals surface area (Å²) in [5.74, 6) is -0.468. The minimum atomic E-state index is -0.309. The average Bonchev–Trinajstić information content (AvgIpc) is 2.89. The van der Waals surface area contributed by atoms with Crippen molar-refractivity contribution in [2.75, 3.05) is 12.4 Å². The number of aryl methyl sites for hydroxylation is 2. The molecule has 0 aliphatic heterocycles. The van der Waals surface area contributed by atoms with E-state index < -0.39 is 0 Å². The number of benzene rings is 1. The standard InChI is InChI=1S/C15H17FN2O2S/c1-9-4-11(5-10(2)14(9)16)7-17-15-18-12(8-21-15)6-13(19)20-3/h4-5,8H,6-7H2,1-3H3,(H,17,18). The van der Waals surface area contributed by atoms with Crippen molar-refractivity contribution in [3.63, 3.8) is 0 Å². The number of aromatic nitrogens is 1. The van der Waals surface area contributed by atoms with Gasteiger partial charge >= 0.3 is 5.97 Å². The number of ether oxygens (including phenoxy) is 1. The van der Waals surface area contributed by atoms with Crippen LogP contribution in [-0.2, 0) is 22.5 Å². The number of hydrogen-bond donors (Lipinski definition) is 1. The summed E-state index contributed by atoms with van der Waals surface area (Å²) in [6, 6.07) is 3.64. The lowest BCUT2D eigenvalue weighted by Crippen LogP contribution is -2.05. The topological polar surface area (TPSA) is 51.2 Å². The monoisotopic (exact) mass is 308 g/mol. The van der Waals surface area contributed by atoms with Gasteiger partial charge in [-0.25, -0.2) is 9.37 Å². The first kappa shape index (κ1) is 15.4. The van der Waals surface area contributed by atoms with Crippen LogP contribution in [-0.4, -0.2) is 18.1 Å². The van der Waals surface area contributed by atoms with E-state index in [4.69, 9.17) is 0 Å². The maximum Gasteiger partial charge on any atom is 0.311 e. The number of esters is 1. The Balaban J connectivity index is 1.99. The van der Waals surface area contributed by atoms with Gasteiger partial charge in [-0.3, -0.25) is 4.79 Å². The smallest absolute Gasteiger partial charge is 0.311 e. The summed E-state index contributed by atoms with van der Waals surface area (Å²) in [5.41, 5.74) is 2.95. The Bertz CT molecular complexity index is 632. The van der Waals surface area contributed by atoms with E-state index in [1.54, 1.807) is 13.8 Å². The van der Waals surface area contributed by atoms with Crippen LogP contribution in [0.1, 0.15) is 22.4 Å². The maximum atomic E-state index is 13.6. The summed E-state index contributed by atoms with van der Waals surface area (Å²) in [6.45, 7) is 4.07. The zero-order valence-corrected chi connectivity index (χ0v) is 13.0. The molecule has 0 amide bonds. The van der Waals surface area contributed by atoms with Crippen LogP contribution in [0, 0.1) is 19.7 Å². The molecule has 0 saturated heterocycles. The molecule has 4 nitrogen and oxygen atoms in total. The molecule has 0 atom stereocenters. The normalized spacial score (nSPS) is 10.5. The van der Waals surface area contributed by atoms with Gasteiger partial charge in [0.15, 0.2) is 5.13 Å². The molecule has 1 aromatic heterocycles. The highest BCUT2D eigenvalue weighted by Crippen LogP contribution is 2.19. The first-order valence-electron chi connectivity index (χ1n) is 6.50. The number of thiazole rings is 1. The van der Waals surface area contributed by atoms with Gasteiger partial charge in [0.25, 0.3) is 0 Å². The molecule has 1 heterocycles. The van der Waals surface area contributed by atoms with Gasteiger partial charge in [0.2, 0.25) is 0 Å². The van der Waals surface area contributed by atoms with Gasteiger partial charge in [0.1, 0.15) is 5.82 Å². The third kappa shape index (κ3) is 4.01. The van der Waals surface area contributed by atoms with Crippen LogP contribution in [0.3, 0.4) is 0 Å². The Kier molecular flexibility index (Phi) is 4.90. The van der Waals surface area contributed by atoms with Gasteiger partial charge < -0.3 is 10.1 Å². The van der Waals surface area contributed by atoms with E-state index >= 15 is 0 Å². The summed E-state index contributed by atoms with van der Waals surface area (Å²) < 4.78 is 18.2. The maximum absolute atomic E-state index is 13.6. The number of nitrogens with zero attached hydrogens (tertiary/aromatic N) is 1. The van der Waals surface area contributed by atoms with E-state index in [9.17, 15) is 9.18 Å². The molecule has 2 aromatic rings. The zero-order chi connectivity index (χ0) is 15.4. The van der Waals surface area contributed by atoms with Crippen LogP contribution in [0.15, 0.2) is 17.5 Å². The van der Waals surface area contributed by atoms with Gasteiger partial charge in [-0.1, -0.05) is 12.1 Å². The van der Waals surface area contributed by atoms with Crippen molar-refractivity contribution >= 4 is 22.4 Å². The number of carbonyl (C=O) groups is 1. The van der Waals surface area contributed by atoms with Crippen LogP contribution in [0.4, 0.5) is 9.52 Å². The first-order valence-corrected chi connectivity index (χ1v) is 7.38. The van der Waals surface area contributed by atoms with Gasteiger partial charge in [0.05, 0.1) is 19.2 Å². The van der Waals surface area contributed by atoms with E-state index in [2.05, 4.69) is 15.0 Å². The fraction of sp³-hybridized carbons (Fsp3) is 0.333. The quantitative estimate of drug-likeness (QED) is 0.862. The van der Waals surface area contributed by atoms with Crippen LogP contribution in [0.2, 0.25) is 0 Å². The molecule has 0 aliphatic rings. The lowest BCUT2D eigenvalue weighted by Gasteiger charge is -2.07. The highest BCUT2D eigenvalue weighted by Gasteiger charge is 2.08. The average molecular weight is 308 g/mol. The predicted molar refractivity (Wildman–Crippen MR) is 81.0 cm³/mol. The molecule has 0 bridgehead atoms. The number of halogens is 1. The number of hydrogen-bond acceptors (Lipinski definition) is 5. The lowest BCUT2D eigenvalue weighted by molar-refractivity contribution is -0.139. The third-order valence-corrected chi connectivity index (χ3v) is 3.89. The molecular formula is C15H17FN2O2S. The number of rotatable bonds is 5. The van der Waals surface area contributed by atoms with Crippen LogP contribution in [0.5, 0.6) is 0 Å². The zero-order valence-electron chi connectivity index (χ0n) is 12.2. The Morgan fingerprint density at radius 1 is 1.38 bits per heavy atom. The fourth-order valence-electron chi connectivity index (χ4n) is 2.00. The van der Waals surface area contributed by atoms with Gasteiger partial charge in [-0.15, -0.1) is 11.3 Å². The number of methoxy groups -OCH3 is 1. The minimum absolute atomic E-state index is 0.159. The van der Waals surface area contributed by atoms with Crippen LogP contribution >= 0.6 is 11.3 Å². The minimum Gasteiger partial charge on any atom is -0.469 e. The largest absolute Gasteiger partial charge is 0.469 e. The molecule has 6 heteroatoms. The molecule has 112 valence electrons. The van der Waals surface area contributed by atoms with Crippen LogP contribution < -0.4 is 5.32 Å². The summed E-state index contributed by atoms with van der Waals surface area (Å²) in [7, 11) is 1.35. The second-order valence-corrected chi connectivity index (χ2v) is 5.65. The SMILES string of the molecule is COC(=O)Cc1csc(NCc2cc(C)c(F)c(C)c2)n1. The highest BCUT2D eigenvalue weighted by atomic mass is 32.1. The number of carbonyl (C=O) groups excluding carboxylic acids is 1. The number of anilines is 1. The first-order chi connectivity index (χ1) is 9.99. The molecule has 0 aliphatic carbocycles. The van der Waals surface area contributed by atoms with Gasteiger partial charge in [-0.05, 0) is 30.5 Å². The fourth-order valence-corrected chi connectivity index (χ4v) is 2.71. The van der Waals surface area contributed by atoms with Crippen molar-refractivity contribution in [1.82, 2.24) is 4.98 Å². The molecule has 0 unspecified atom stereocenters. The van der Waals surface area contributed by atoms with Gasteiger partial charge in [0, 0.05) is 11.9 Å². The second kappa shape index (κ2) is 6.67. The molecule has 2 rings (SSSR count). The van der Waals surface area contributed by atoms with Crippen molar-refractivity contribution in [3.8, 4) is 0 Å². The molecule has 0 spiro atoms. The molecular weight excluding hydrogens is 291 g/mol. The summed E-state index contributed by atoms with van der Waals surface area (Å²) >= 11 is 1.43. The Labute approximate surface area is 127 Å². The van der Waals surface area contributed by atoms with E-state index in [-0.39, 0.29) is 18.2 Å². The van der Waals surface area contributed by atoms with Gasteiger partial charge in [-0.2, -0.15) is 0 Å². The van der Waals surface area contributed by atoms with E-state index in [0.717, 1.165) is 10.7 Å². The highest BCUT2D eigenvalue weighted by molar-refractivity contribution is 7.13. The van der Waals surface area contributed by atoms with Crippen molar-refractivity contribution in [3.05, 3.63) is 45.7 Å². The van der Waals surface area contributed by atoms with E-state index in [0.29, 0.717) is 23.4 Å². The lowest BCUT2D eigenvalue weighted by atomic mass is 10.1.